The Morgan fingerprint density at radius 2 is 1.89 bits per heavy atom. The van der Waals surface area contributed by atoms with Crippen LogP contribution in [-0.2, 0) is 9.59 Å². The van der Waals surface area contributed by atoms with Crippen LogP contribution in [0, 0.1) is 11.7 Å². The Labute approximate surface area is 166 Å². The summed E-state index contributed by atoms with van der Waals surface area (Å²) in [5.41, 5.74) is 2.24. The van der Waals surface area contributed by atoms with Crippen LogP contribution in [0.3, 0.4) is 0 Å². The number of nitrogens with zero attached hydrogens (tertiary/aromatic N) is 1. The second kappa shape index (κ2) is 8.21. The van der Waals surface area contributed by atoms with E-state index in [-0.39, 0.29) is 30.1 Å². The van der Waals surface area contributed by atoms with Crippen molar-refractivity contribution in [1.82, 2.24) is 4.90 Å². The fourth-order valence-electron chi connectivity index (χ4n) is 3.56. The molecule has 1 heterocycles. The number of carbonyl (C=O) groups excluding carboxylic acids is 2. The van der Waals surface area contributed by atoms with Crippen molar-refractivity contribution < 1.29 is 14.0 Å². The lowest BCUT2D eigenvalue weighted by molar-refractivity contribution is -0.140. The van der Waals surface area contributed by atoms with Gasteiger partial charge in [-0.15, -0.1) is 0 Å². The number of hydrogen-bond acceptors (Lipinski definition) is 2. The first-order valence-corrected chi connectivity index (χ1v) is 9.89. The van der Waals surface area contributed by atoms with Gasteiger partial charge in [-0.1, -0.05) is 41.9 Å². The highest BCUT2D eigenvalue weighted by molar-refractivity contribution is 9.10. The lowest BCUT2D eigenvalue weighted by atomic mass is 9.93. The van der Waals surface area contributed by atoms with Gasteiger partial charge in [0.2, 0.25) is 11.8 Å². The normalized spacial score (nSPS) is 16.7. The molecule has 1 atom stereocenters. The minimum absolute atomic E-state index is 0.0380. The van der Waals surface area contributed by atoms with Crippen LogP contribution in [0.25, 0.3) is 0 Å². The monoisotopic (exact) mass is 432 g/mol. The summed E-state index contributed by atoms with van der Waals surface area (Å²) in [4.78, 5) is 27.4. The van der Waals surface area contributed by atoms with Crippen molar-refractivity contribution in [2.24, 2.45) is 5.92 Å². The van der Waals surface area contributed by atoms with Crippen molar-refractivity contribution in [3.63, 3.8) is 0 Å². The van der Waals surface area contributed by atoms with Gasteiger partial charge >= 0.3 is 0 Å². The van der Waals surface area contributed by atoms with E-state index in [4.69, 9.17) is 0 Å². The summed E-state index contributed by atoms with van der Waals surface area (Å²) in [6.07, 6.45) is 1.41. The molecule has 142 valence electrons. The molecule has 1 aliphatic heterocycles. The van der Waals surface area contributed by atoms with E-state index in [0.29, 0.717) is 18.5 Å². The van der Waals surface area contributed by atoms with Crippen LogP contribution in [0.4, 0.5) is 10.1 Å². The zero-order chi connectivity index (χ0) is 19.6. The molecule has 27 heavy (non-hydrogen) atoms. The lowest BCUT2D eigenvalue weighted by Gasteiger charge is -2.33. The zero-order valence-corrected chi connectivity index (χ0v) is 16.9. The molecule has 2 aromatic rings. The Morgan fingerprint density at radius 3 is 2.52 bits per heavy atom. The molecule has 0 radical (unpaired) electrons. The third-order valence-corrected chi connectivity index (χ3v) is 5.50. The van der Waals surface area contributed by atoms with Gasteiger partial charge in [0.15, 0.2) is 0 Å². The molecule has 1 aliphatic rings. The molecule has 0 aliphatic carbocycles. The molecule has 2 aromatic carbocycles. The molecule has 1 unspecified atom stereocenters. The molecule has 4 nitrogen and oxygen atoms in total. The van der Waals surface area contributed by atoms with E-state index >= 15 is 0 Å². The largest absolute Gasteiger partial charge is 0.324 e. The molecule has 0 saturated heterocycles. The number of amides is 2. The van der Waals surface area contributed by atoms with Gasteiger partial charge in [-0.25, -0.2) is 4.39 Å². The van der Waals surface area contributed by atoms with Crippen molar-refractivity contribution in [2.45, 2.75) is 32.7 Å². The number of rotatable bonds is 4. The quantitative estimate of drug-likeness (QED) is 0.746. The first kappa shape index (κ1) is 19.5. The van der Waals surface area contributed by atoms with Crippen molar-refractivity contribution >= 4 is 33.4 Å². The minimum Gasteiger partial charge on any atom is -0.324 e. The predicted octanol–water partition coefficient (Wildman–Crippen LogP) is 4.89. The summed E-state index contributed by atoms with van der Waals surface area (Å²) >= 11 is 3.48. The molecule has 6 heteroatoms. The van der Waals surface area contributed by atoms with E-state index < -0.39 is 6.04 Å². The van der Waals surface area contributed by atoms with Crippen molar-refractivity contribution in [1.29, 1.82) is 0 Å². The molecule has 0 saturated carbocycles. The summed E-state index contributed by atoms with van der Waals surface area (Å²) in [6, 6.07) is 11.2. The molecule has 3 rings (SSSR count). The van der Waals surface area contributed by atoms with Gasteiger partial charge in [0, 0.05) is 21.6 Å². The topological polar surface area (TPSA) is 49.4 Å². The van der Waals surface area contributed by atoms with Gasteiger partial charge in [0.05, 0.1) is 6.04 Å². The number of halogens is 2. The summed E-state index contributed by atoms with van der Waals surface area (Å²) < 4.78 is 14.3. The minimum atomic E-state index is -0.467. The predicted molar refractivity (Wildman–Crippen MR) is 107 cm³/mol. The molecule has 0 bridgehead atoms. The van der Waals surface area contributed by atoms with Crippen molar-refractivity contribution in [2.75, 3.05) is 11.9 Å². The van der Waals surface area contributed by atoms with E-state index in [1.165, 1.54) is 12.1 Å². The average molecular weight is 433 g/mol. The van der Waals surface area contributed by atoms with Gasteiger partial charge in [0.1, 0.15) is 12.4 Å². The maximum Gasteiger partial charge on any atom is 0.244 e. The molecule has 0 aromatic heterocycles. The van der Waals surface area contributed by atoms with Gasteiger partial charge in [0.25, 0.3) is 0 Å². The van der Waals surface area contributed by atoms with Crippen molar-refractivity contribution in [3.8, 4) is 0 Å². The Hall–Kier alpha value is -2.21. The van der Waals surface area contributed by atoms with E-state index in [0.717, 1.165) is 15.6 Å². The molecule has 1 N–H and O–H groups in total. The highest BCUT2D eigenvalue weighted by Gasteiger charge is 2.35. The maximum atomic E-state index is 13.5. The molecular weight excluding hydrogens is 411 g/mol. The van der Waals surface area contributed by atoms with Crippen LogP contribution in [0.5, 0.6) is 0 Å². The van der Waals surface area contributed by atoms with Crippen LogP contribution < -0.4 is 5.32 Å². The number of fused-ring (bicyclic) bond motifs is 1. The standard InChI is InChI=1S/C21H22BrFN2O2/c1-3-13(4-2)21(27)25-12-19(26)24-18-10-7-15(22)11-17(18)20(25)14-5-8-16(23)9-6-14/h5-11,13,20H,3-4,12H2,1-2H3,(H,24,26). The Balaban J connectivity index is 2.18. The first-order valence-electron chi connectivity index (χ1n) is 9.09. The first-order chi connectivity index (χ1) is 12.9. The van der Waals surface area contributed by atoms with Gasteiger partial charge in [-0.2, -0.15) is 0 Å². The third kappa shape index (κ3) is 4.05. The Kier molecular flexibility index (Phi) is 5.95. The summed E-state index contributed by atoms with van der Waals surface area (Å²) in [5, 5.41) is 2.89. The molecule has 0 fully saturated rings. The van der Waals surface area contributed by atoms with Gasteiger partial charge in [-0.3, -0.25) is 9.59 Å². The Bertz CT molecular complexity index is 850. The zero-order valence-electron chi connectivity index (χ0n) is 15.3. The smallest absolute Gasteiger partial charge is 0.244 e. The number of anilines is 1. The van der Waals surface area contributed by atoms with E-state index in [2.05, 4.69) is 21.2 Å². The van der Waals surface area contributed by atoms with Crippen molar-refractivity contribution in [3.05, 3.63) is 63.9 Å². The van der Waals surface area contributed by atoms with Gasteiger partial charge < -0.3 is 10.2 Å². The van der Waals surface area contributed by atoms with Crippen LogP contribution >= 0.6 is 15.9 Å². The highest BCUT2D eigenvalue weighted by atomic mass is 79.9. The third-order valence-electron chi connectivity index (χ3n) is 5.01. The Morgan fingerprint density at radius 1 is 1.22 bits per heavy atom. The summed E-state index contributed by atoms with van der Waals surface area (Å²) in [6.45, 7) is 3.91. The van der Waals surface area contributed by atoms with Crippen LogP contribution in [0.1, 0.15) is 43.9 Å². The summed E-state index contributed by atoms with van der Waals surface area (Å²) in [7, 11) is 0. The number of benzene rings is 2. The number of nitrogens with one attached hydrogen (secondary N) is 1. The highest BCUT2D eigenvalue weighted by Crippen LogP contribution is 2.38. The number of hydrogen-bond donors (Lipinski definition) is 1. The van der Waals surface area contributed by atoms with E-state index in [9.17, 15) is 14.0 Å². The molecular formula is C21H22BrFN2O2. The number of carbonyl (C=O) groups is 2. The fraction of sp³-hybridized carbons (Fsp3) is 0.333. The average Bonchev–Trinajstić information content (AvgIpc) is 2.79. The van der Waals surface area contributed by atoms with Gasteiger partial charge in [-0.05, 0) is 48.7 Å². The fourth-order valence-corrected chi connectivity index (χ4v) is 3.94. The van der Waals surface area contributed by atoms with Crippen LogP contribution in [0.2, 0.25) is 0 Å². The molecule has 0 spiro atoms. The molecule has 2 amide bonds. The maximum absolute atomic E-state index is 13.5. The van der Waals surface area contributed by atoms with E-state index in [1.54, 1.807) is 17.0 Å². The second-order valence-electron chi connectivity index (χ2n) is 6.71. The SMILES string of the molecule is CCC(CC)C(=O)N1CC(=O)Nc2ccc(Br)cc2C1c1ccc(F)cc1. The van der Waals surface area contributed by atoms with Crippen LogP contribution in [0.15, 0.2) is 46.9 Å². The van der Waals surface area contributed by atoms with Crippen LogP contribution in [-0.4, -0.2) is 23.3 Å². The second-order valence-corrected chi connectivity index (χ2v) is 7.63. The van der Waals surface area contributed by atoms with E-state index in [1.807, 2.05) is 32.0 Å². The lowest BCUT2D eigenvalue weighted by Crippen LogP contribution is -2.42. The summed E-state index contributed by atoms with van der Waals surface area (Å²) in [5.74, 6) is -0.789.